The lowest BCUT2D eigenvalue weighted by Crippen LogP contribution is -2.27. The van der Waals surface area contributed by atoms with Gasteiger partial charge < -0.3 is 4.57 Å². The summed E-state index contributed by atoms with van der Waals surface area (Å²) in [4.78, 5) is 24.8. The van der Waals surface area contributed by atoms with E-state index in [4.69, 9.17) is 23.2 Å². The molecule has 27 heavy (non-hydrogen) atoms. The fourth-order valence-corrected chi connectivity index (χ4v) is 3.15. The van der Waals surface area contributed by atoms with Crippen molar-refractivity contribution in [3.05, 3.63) is 85.3 Å². The molecule has 0 atom stereocenters. The predicted molar refractivity (Wildman–Crippen MR) is 102 cm³/mol. The standard InChI is InChI=1S/C19H16Cl2FN3O2/c1-11-7-15(12(2)24(11)9-13-3-5-14(22)6-4-13)17(26)10-25-19(27)18(21)16(20)8-23-25/h3-8H,9-10H2,1-2H3. The zero-order valence-corrected chi connectivity index (χ0v) is 16.2. The van der Waals surface area contributed by atoms with Gasteiger partial charge in [0.05, 0.1) is 11.2 Å². The molecule has 0 spiro atoms. The van der Waals surface area contributed by atoms with Crippen LogP contribution in [0.4, 0.5) is 4.39 Å². The van der Waals surface area contributed by atoms with E-state index in [0.29, 0.717) is 12.1 Å². The van der Waals surface area contributed by atoms with Gasteiger partial charge in [0.2, 0.25) is 0 Å². The van der Waals surface area contributed by atoms with E-state index in [1.54, 1.807) is 18.2 Å². The Balaban J connectivity index is 1.87. The summed E-state index contributed by atoms with van der Waals surface area (Å²) in [6.07, 6.45) is 1.23. The number of aryl methyl sites for hydroxylation is 1. The molecule has 0 fully saturated rings. The molecule has 0 N–H and O–H groups in total. The van der Waals surface area contributed by atoms with Gasteiger partial charge in [0.1, 0.15) is 17.4 Å². The molecule has 5 nitrogen and oxygen atoms in total. The first-order chi connectivity index (χ1) is 12.8. The van der Waals surface area contributed by atoms with Gasteiger partial charge in [0.15, 0.2) is 5.78 Å². The van der Waals surface area contributed by atoms with Crippen molar-refractivity contribution >= 4 is 29.0 Å². The maximum atomic E-state index is 13.1. The molecular weight excluding hydrogens is 392 g/mol. The Hall–Kier alpha value is -2.44. The Morgan fingerprint density at radius 2 is 1.85 bits per heavy atom. The topological polar surface area (TPSA) is 56.9 Å². The van der Waals surface area contributed by atoms with Crippen LogP contribution in [0.3, 0.4) is 0 Å². The molecule has 0 radical (unpaired) electrons. The molecule has 0 aliphatic rings. The summed E-state index contributed by atoms with van der Waals surface area (Å²) in [6, 6.07) is 7.98. The molecule has 0 aliphatic carbocycles. The smallest absolute Gasteiger partial charge is 0.287 e. The van der Waals surface area contributed by atoms with Crippen LogP contribution in [0.5, 0.6) is 0 Å². The summed E-state index contributed by atoms with van der Waals surface area (Å²) in [5, 5.41) is 3.74. The molecule has 3 aromatic rings. The van der Waals surface area contributed by atoms with Gasteiger partial charge in [-0.3, -0.25) is 9.59 Å². The van der Waals surface area contributed by atoms with Crippen LogP contribution in [-0.4, -0.2) is 20.1 Å². The summed E-state index contributed by atoms with van der Waals surface area (Å²) in [5.41, 5.74) is 2.44. The molecule has 140 valence electrons. The van der Waals surface area contributed by atoms with E-state index >= 15 is 0 Å². The monoisotopic (exact) mass is 407 g/mol. The number of rotatable bonds is 5. The van der Waals surface area contributed by atoms with Crippen molar-refractivity contribution in [2.24, 2.45) is 0 Å². The number of Topliss-reactive ketones (excluding diaryl/α,β-unsaturated/α-hetero) is 1. The number of aromatic nitrogens is 3. The van der Waals surface area contributed by atoms with Crippen LogP contribution in [0.15, 0.2) is 41.3 Å². The van der Waals surface area contributed by atoms with Crippen LogP contribution in [0, 0.1) is 19.7 Å². The van der Waals surface area contributed by atoms with Gasteiger partial charge in [0.25, 0.3) is 5.56 Å². The molecule has 2 heterocycles. The molecular formula is C19H16Cl2FN3O2. The fraction of sp³-hybridized carbons (Fsp3) is 0.211. The van der Waals surface area contributed by atoms with E-state index in [9.17, 15) is 14.0 Å². The third-order valence-electron chi connectivity index (χ3n) is 4.36. The lowest BCUT2D eigenvalue weighted by Gasteiger charge is -2.10. The molecule has 8 heteroatoms. The Morgan fingerprint density at radius 3 is 2.52 bits per heavy atom. The van der Waals surface area contributed by atoms with E-state index < -0.39 is 5.56 Å². The molecule has 3 rings (SSSR count). The van der Waals surface area contributed by atoms with Crippen molar-refractivity contribution in [3.63, 3.8) is 0 Å². The quantitative estimate of drug-likeness (QED) is 0.599. The second-order valence-electron chi connectivity index (χ2n) is 6.19. The number of carbonyl (C=O) groups excluding carboxylic acids is 1. The minimum atomic E-state index is -0.613. The lowest BCUT2D eigenvalue weighted by molar-refractivity contribution is 0.0965. The van der Waals surface area contributed by atoms with Crippen LogP contribution < -0.4 is 5.56 Å². The average Bonchev–Trinajstić information content (AvgIpc) is 2.92. The molecule has 0 saturated carbocycles. The van der Waals surface area contributed by atoms with Crippen molar-refractivity contribution in [1.29, 1.82) is 0 Å². The van der Waals surface area contributed by atoms with E-state index in [-0.39, 0.29) is 28.2 Å². The predicted octanol–water partition coefficient (Wildman–Crippen LogP) is 4.04. The summed E-state index contributed by atoms with van der Waals surface area (Å²) < 4.78 is 16.0. The van der Waals surface area contributed by atoms with Gasteiger partial charge in [0, 0.05) is 23.5 Å². The van der Waals surface area contributed by atoms with Crippen LogP contribution in [0.25, 0.3) is 0 Å². The first-order valence-corrected chi connectivity index (χ1v) is 8.89. The van der Waals surface area contributed by atoms with Crippen molar-refractivity contribution in [2.75, 3.05) is 0 Å². The van der Waals surface area contributed by atoms with Gasteiger partial charge in [-0.1, -0.05) is 35.3 Å². The minimum absolute atomic E-state index is 0.0443. The number of hydrogen-bond donors (Lipinski definition) is 0. The van der Waals surface area contributed by atoms with Crippen molar-refractivity contribution in [3.8, 4) is 0 Å². The average molecular weight is 408 g/mol. The molecule has 0 aliphatic heterocycles. The second kappa shape index (κ2) is 7.66. The summed E-state index contributed by atoms with van der Waals surface area (Å²) in [7, 11) is 0. The van der Waals surface area contributed by atoms with Gasteiger partial charge in [-0.05, 0) is 37.6 Å². The van der Waals surface area contributed by atoms with Crippen molar-refractivity contribution in [1.82, 2.24) is 14.3 Å². The minimum Gasteiger partial charge on any atom is -0.344 e. The van der Waals surface area contributed by atoms with Gasteiger partial charge in [-0.15, -0.1) is 0 Å². The highest BCUT2D eigenvalue weighted by Crippen LogP contribution is 2.19. The van der Waals surface area contributed by atoms with E-state index in [1.807, 2.05) is 18.4 Å². The summed E-state index contributed by atoms with van der Waals surface area (Å²) >= 11 is 11.6. The highest BCUT2D eigenvalue weighted by molar-refractivity contribution is 6.41. The summed E-state index contributed by atoms with van der Waals surface area (Å²) in [5.74, 6) is -0.559. The molecule has 1 aromatic carbocycles. The normalized spacial score (nSPS) is 11.0. The molecule has 2 aromatic heterocycles. The Morgan fingerprint density at radius 1 is 1.19 bits per heavy atom. The van der Waals surface area contributed by atoms with E-state index in [0.717, 1.165) is 21.6 Å². The maximum absolute atomic E-state index is 13.1. The first kappa shape index (κ1) is 19.3. The van der Waals surface area contributed by atoms with E-state index in [1.165, 1.54) is 18.3 Å². The number of hydrogen-bond acceptors (Lipinski definition) is 3. The van der Waals surface area contributed by atoms with Crippen LogP contribution in [-0.2, 0) is 13.1 Å². The maximum Gasteiger partial charge on any atom is 0.287 e. The van der Waals surface area contributed by atoms with Crippen LogP contribution >= 0.6 is 23.2 Å². The molecule has 0 saturated heterocycles. The number of ketones is 1. The third-order valence-corrected chi connectivity index (χ3v) is 5.11. The van der Waals surface area contributed by atoms with Crippen molar-refractivity contribution < 1.29 is 9.18 Å². The third kappa shape index (κ3) is 3.96. The zero-order valence-electron chi connectivity index (χ0n) is 14.7. The highest BCUT2D eigenvalue weighted by atomic mass is 35.5. The Labute approximate surface area is 165 Å². The molecule has 0 bridgehead atoms. The number of carbonyl (C=O) groups is 1. The largest absolute Gasteiger partial charge is 0.344 e. The Bertz CT molecular complexity index is 1070. The molecule has 0 unspecified atom stereocenters. The van der Waals surface area contributed by atoms with Crippen LogP contribution in [0.1, 0.15) is 27.3 Å². The molecule has 0 amide bonds. The fourth-order valence-electron chi connectivity index (χ4n) is 2.88. The SMILES string of the molecule is Cc1cc(C(=O)Cn2ncc(Cl)c(Cl)c2=O)c(C)n1Cc1ccc(F)cc1. The van der Waals surface area contributed by atoms with Gasteiger partial charge in [-0.25, -0.2) is 9.07 Å². The van der Waals surface area contributed by atoms with Crippen molar-refractivity contribution in [2.45, 2.75) is 26.9 Å². The lowest BCUT2D eigenvalue weighted by atomic mass is 10.1. The Kier molecular flexibility index (Phi) is 5.48. The van der Waals surface area contributed by atoms with Crippen LogP contribution in [0.2, 0.25) is 10.0 Å². The number of benzene rings is 1. The van der Waals surface area contributed by atoms with Gasteiger partial charge >= 0.3 is 0 Å². The number of halogens is 3. The second-order valence-corrected chi connectivity index (χ2v) is 6.98. The van der Waals surface area contributed by atoms with Gasteiger partial charge in [-0.2, -0.15) is 5.10 Å². The number of nitrogens with zero attached hydrogens (tertiary/aromatic N) is 3. The first-order valence-electron chi connectivity index (χ1n) is 8.13. The zero-order chi connectivity index (χ0) is 19.7. The summed E-state index contributed by atoms with van der Waals surface area (Å²) in [6.45, 7) is 3.98. The highest BCUT2D eigenvalue weighted by Gasteiger charge is 2.18. The van der Waals surface area contributed by atoms with E-state index in [2.05, 4.69) is 5.10 Å².